The van der Waals surface area contributed by atoms with Gasteiger partial charge in [-0.15, -0.1) is 0 Å². The lowest BCUT2D eigenvalue weighted by Crippen LogP contribution is -2.47. The van der Waals surface area contributed by atoms with Crippen LogP contribution >= 0.6 is 0 Å². The van der Waals surface area contributed by atoms with E-state index in [4.69, 9.17) is 14.7 Å². The number of hydrogen-bond donors (Lipinski definition) is 3. The van der Waals surface area contributed by atoms with Crippen LogP contribution in [0.3, 0.4) is 0 Å². The number of amides is 2. The molecule has 0 saturated heterocycles. The average Bonchev–Trinajstić information content (AvgIpc) is 3.19. The summed E-state index contributed by atoms with van der Waals surface area (Å²) in [4.78, 5) is 40.6. The van der Waals surface area contributed by atoms with Crippen LogP contribution in [0.1, 0.15) is 29.0 Å². The number of carboxylic acids is 1. The van der Waals surface area contributed by atoms with Gasteiger partial charge in [-0.05, 0) is 40.7 Å². The maximum Gasteiger partial charge on any atom is 0.407 e. The van der Waals surface area contributed by atoms with Crippen LogP contribution in [0.5, 0.6) is 0 Å². The number of aryl methyl sites for hydroxylation is 1. The first-order valence-corrected chi connectivity index (χ1v) is 11.3. The molecule has 0 saturated carbocycles. The van der Waals surface area contributed by atoms with Crippen LogP contribution in [-0.2, 0) is 25.6 Å². The molecule has 0 fully saturated rings. The normalized spacial score (nSPS) is 12.8. The van der Waals surface area contributed by atoms with Crippen LogP contribution in [0.4, 0.5) is 4.79 Å². The lowest BCUT2D eigenvalue weighted by Gasteiger charge is -2.19. The van der Waals surface area contributed by atoms with E-state index in [1.54, 1.807) is 0 Å². The summed E-state index contributed by atoms with van der Waals surface area (Å²) >= 11 is 0. The summed E-state index contributed by atoms with van der Waals surface area (Å²) in [6.07, 6.45) is 0.0520. The zero-order chi connectivity index (χ0) is 24.6. The number of nitrogens with one attached hydrogen (secondary N) is 2. The number of ether oxygens (including phenoxy) is 1. The summed E-state index contributed by atoms with van der Waals surface area (Å²) in [6, 6.07) is 24.6. The molecule has 0 aliphatic heterocycles. The van der Waals surface area contributed by atoms with Crippen molar-refractivity contribution in [2.45, 2.75) is 24.8 Å². The minimum absolute atomic E-state index is 0.108. The fraction of sp³-hybridized carbons (Fsp3) is 0.222. The zero-order valence-corrected chi connectivity index (χ0v) is 19.0. The number of carbonyl (C=O) groups is 3. The minimum atomic E-state index is -1.23. The molecule has 180 valence electrons. The summed E-state index contributed by atoms with van der Waals surface area (Å²) in [5.74, 6) is -1.99. The molecule has 0 bridgehead atoms. The van der Waals surface area contributed by atoms with E-state index in [1.165, 1.54) is 0 Å². The van der Waals surface area contributed by atoms with Crippen molar-refractivity contribution in [2.24, 2.45) is 0 Å². The standard InChI is InChI=1S/C27H26N2O6/c30-25(31)17-35-29-26(32)24(15-14-18-8-2-1-3-9-18)28-27(33)34-16-23-21-12-6-4-10-19(21)20-11-5-7-13-22(20)23/h1-13,23-24H,14-17H2,(H,28,33)(H,29,32)(H,30,31). The minimum Gasteiger partial charge on any atom is -0.479 e. The molecule has 3 N–H and O–H groups in total. The number of benzene rings is 3. The molecule has 8 nitrogen and oxygen atoms in total. The highest BCUT2D eigenvalue weighted by Crippen LogP contribution is 2.44. The molecule has 0 radical (unpaired) electrons. The Morgan fingerprint density at radius 1 is 0.857 bits per heavy atom. The number of hydroxylamine groups is 1. The van der Waals surface area contributed by atoms with E-state index >= 15 is 0 Å². The fourth-order valence-electron chi connectivity index (χ4n) is 4.25. The molecule has 1 atom stereocenters. The van der Waals surface area contributed by atoms with Crippen molar-refractivity contribution < 1.29 is 29.1 Å². The van der Waals surface area contributed by atoms with Gasteiger partial charge in [-0.3, -0.25) is 9.63 Å². The highest BCUT2D eigenvalue weighted by molar-refractivity contribution is 5.85. The van der Waals surface area contributed by atoms with Gasteiger partial charge in [-0.1, -0.05) is 78.9 Å². The van der Waals surface area contributed by atoms with Gasteiger partial charge in [-0.2, -0.15) is 0 Å². The van der Waals surface area contributed by atoms with Crippen molar-refractivity contribution in [2.75, 3.05) is 13.2 Å². The van der Waals surface area contributed by atoms with E-state index in [2.05, 4.69) is 22.9 Å². The molecule has 1 unspecified atom stereocenters. The van der Waals surface area contributed by atoms with Crippen LogP contribution in [-0.4, -0.2) is 42.3 Å². The summed E-state index contributed by atoms with van der Waals surface area (Å²) in [5.41, 5.74) is 7.49. The van der Waals surface area contributed by atoms with Gasteiger partial charge in [0.05, 0.1) is 0 Å². The van der Waals surface area contributed by atoms with Gasteiger partial charge in [0.25, 0.3) is 5.91 Å². The third-order valence-electron chi connectivity index (χ3n) is 5.89. The lowest BCUT2D eigenvalue weighted by molar-refractivity contribution is -0.150. The number of aliphatic carboxylic acids is 1. The molecule has 2 amide bonds. The van der Waals surface area contributed by atoms with Gasteiger partial charge >= 0.3 is 12.1 Å². The van der Waals surface area contributed by atoms with Crippen molar-refractivity contribution in [1.29, 1.82) is 0 Å². The first kappa shape index (κ1) is 24.0. The summed E-state index contributed by atoms with van der Waals surface area (Å²) < 4.78 is 5.55. The predicted octanol–water partition coefficient (Wildman–Crippen LogP) is 3.66. The highest BCUT2D eigenvalue weighted by atomic mass is 16.7. The average molecular weight is 475 g/mol. The molecule has 0 heterocycles. The summed E-state index contributed by atoms with van der Waals surface area (Å²) in [7, 11) is 0. The van der Waals surface area contributed by atoms with Crippen LogP contribution in [0.25, 0.3) is 11.1 Å². The fourth-order valence-corrected chi connectivity index (χ4v) is 4.25. The van der Waals surface area contributed by atoms with Crippen molar-refractivity contribution >= 4 is 18.0 Å². The lowest BCUT2D eigenvalue weighted by atomic mass is 9.98. The number of alkyl carbamates (subject to hydrolysis) is 1. The van der Waals surface area contributed by atoms with Crippen LogP contribution in [0, 0.1) is 0 Å². The molecule has 3 aromatic rings. The first-order valence-electron chi connectivity index (χ1n) is 11.3. The third-order valence-corrected chi connectivity index (χ3v) is 5.89. The maximum absolute atomic E-state index is 12.7. The quantitative estimate of drug-likeness (QED) is 0.387. The van der Waals surface area contributed by atoms with Gasteiger partial charge in [0.1, 0.15) is 12.6 Å². The Bertz CT molecular complexity index is 1150. The zero-order valence-electron chi connectivity index (χ0n) is 19.0. The third kappa shape index (κ3) is 6.04. The summed E-state index contributed by atoms with van der Waals surface area (Å²) in [5, 5.41) is 11.3. The number of rotatable bonds is 10. The number of carbonyl (C=O) groups excluding carboxylic acids is 2. The number of carboxylic acid groups (broad SMARTS) is 1. The Kier molecular flexibility index (Phi) is 7.74. The van der Waals surface area contributed by atoms with E-state index in [9.17, 15) is 14.4 Å². The Morgan fingerprint density at radius 2 is 1.46 bits per heavy atom. The highest BCUT2D eigenvalue weighted by Gasteiger charge is 2.29. The van der Waals surface area contributed by atoms with E-state index in [-0.39, 0.29) is 18.9 Å². The summed E-state index contributed by atoms with van der Waals surface area (Å²) in [6.45, 7) is -0.579. The van der Waals surface area contributed by atoms with Crippen LogP contribution < -0.4 is 10.8 Å². The Balaban J connectivity index is 1.39. The molecule has 0 spiro atoms. The molecule has 4 rings (SSSR count). The van der Waals surface area contributed by atoms with Crippen LogP contribution in [0.2, 0.25) is 0 Å². The maximum atomic E-state index is 12.7. The van der Waals surface area contributed by atoms with Crippen LogP contribution in [0.15, 0.2) is 78.9 Å². The predicted molar refractivity (Wildman–Crippen MR) is 128 cm³/mol. The van der Waals surface area contributed by atoms with E-state index < -0.39 is 30.6 Å². The number of fused-ring (bicyclic) bond motifs is 3. The Labute approximate surface area is 202 Å². The second-order valence-electron chi connectivity index (χ2n) is 8.20. The topological polar surface area (TPSA) is 114 Å². The SMILES string of the molecule is O=C(O)CONC(=O)C(CCc1ccccc1)NC(=O)OCC1c2ccccc2-c2ccccc21. The monoisotopic (exact) mass is 474 g/mol. The second kappa shape index (κ2) is 11.3. The van der Waals surface area contributed by atoms with Gasteiger partial charge in [0, 0.05) is 5.92 Å². The van der Waals surface area contributed by atoms with Gasteiger partial charge < -0.3 is 15.2 Å². The molecule has 3 aromatic carbocycles. The molecule has 1 aliphatic rings. The number of hydrogen-bond acceptors (Lipinski definition) is 5. The molecule has 35 heavy (non-hydrogen) atoms. The van der Waals surface area contributed by atoms with Gasteiger partial charge in [0.15, 0.2) is 6.61 Å². The molecule has 1 aliphatic carbocycles. The van der Waals surface area contributed by atoms with E-state index in [1.807, 2.05) is 66.7 Å². The van der Waals surface area contributed by atoms with Crippen molar-refractivity contribution in [3.8, 4) is 11.1 Å². The Hall–Kier alpha value is -4.17. The first-order chi connectivity index (χ1) is 17.0. The molecule has 0 aromatic heterocycles. The van der Waals surface area contributed by atoms with Gasteiger partial charge in [0.2, 0.25) is 0 Å². The van der Waals surface area contributed by atoms with E-state index in [0.717, 1.165) is 27.8 Å². The molecular formula is C27H26N2O6. The van der Waals surface area contributed by atoms with Crippen molar-refractivity contribution in [3.05, 3.63) is 95.6 Å². The van der Waals surface area contributed by atoms with Crippen molar-refractivity contribution in [1.82, 2.24) is 10.8 Å². The molecular weight excluding hydrogens is 448 g/mol. The second-order valence-corrected chi connectivity index (χ2v) is 8.20. The largest absolute Gasteiger partial charge is 0.479 e. The Morgan fingerprint density at radius 3 is 2.09 bits per heavy atom. The molecule has 8 heteroatoms. The van der Waals surface area contributed by atoms with Crippen molar-refractivity contribution in [3.63, 3.8) is 0 Å². The smallest absolute Gasteiger partial charge is 0.407 e. The van der Waals surface area contributed by atoms with Gasteiger partial charge in [-0.25, -0.2) is 15.1 Å². The van der Waals surface area contributed by atoms with E-state index in [0.29, 0.717) is 6.42 Å².